The maximum atomic E-state index is 14.3. The summed E-state index contributed by atoms with van der Waals surface area (Å²) in [6, 6.07) is 30.3. The third kappa shape index (κ3) is 7.48. The molecule has 3 aliphatic rings. The molecule has 4 atom stereocenters. The van der Waals surface area contributed by atoms with Crippen LogP contribution in [0.5, 0.6) is 17.2 Å². The number of phenolic OH excluding ortho intramolecular Hbond substituents is 1. The molecule has 0 bridgehead atoms. The fraction of sp³-hybridized carbons (Fsp3) is 0.268. The van der Waals surface area contributed by atoms with E-state index in [1.54, 1.807) is 18.2 Å². The number of aromatic hydroxyl groups is 1. The highest BCUT2D eigenvalue weighted by Crippen LogP contribution is 2.51. The molecule has 4 aromatic carbocycles. The third-order valence-corrected chi connectivity index (χ3v) is 11.0. The van der Waals surface area contributed by atoms with Gasteiger partial charge >= 0.3 is 7.12 Å². The van der Waals surface area contributed by atoms with Crippen LogP contribution in [0.3, 0.4) is 0 Å². The Hall–Kier alpha value is -4.59. The molecule has 4 aromatic rings. The number of methoxy groups -OCH3 is 1. The van der Waals surface area contributed by atoms with Crippen LogP contribution in [0.15, 0.2) is 114 Å². The van der Waals surface area contributed by atoms with Crippen molar-refractivity contribution >= 4 is 64.7 Å². The van der Waals surface area contributed by atoms with Gasteiger partial charge in [0.25, 0.3) is 0 Å². The van der Waals surface area contributed by atoms with Crippen molar-refractivity contribution in [3.05, 3.63) is 123 Å². The first-order valence-electron chi connectivity index (χ1n) is 17.5. The Morgan fingerprint density at radius 3 is 2.38 bits per heavy atom. The van der Waals surface area contributed by atoms with E-state index < -0.39 is 25.1 Å². The number of allylic oxidation sites excluding steroid dienone is 1. The first kappa shape index (κ1) is 35.8. The third-order valence-electron chi connectivity index (χ3n) is 10.1. The second kappa shape index (κ2) is 15.6. The van der Waals surface area contributed by atoms with Gasteiger partial charge in [0.15, 0.2) is 11.5 Å². The summed E-state index contributed by atoms with van der Waals surface area (Å²) in [5.74, 6) is -0.824. The number of hydrogen-bond donors (Lipinski definition) is 3. The Bertz CT molecular complexity index is 2010. The summed E-state index contributed by atoms with van der Waals surface area (Å²) in [4.78, 5) is 29.8. The van der Waals surface area contributed by atoms with Gasteiger partial charge in [0, 0.05) is 11.4 Å². The molecular weight excluding hydrogens is 770 g/mol. The highest BCUT2D eigenvalue weighted by molar-refractivity contribution is 14.1. The number of imide groups is 1. The number of hydrogen-bond acceptors (Lipinski definition) is 8. The van der Waals surface area contributed by atoms with Gasteiger partial charge in [0.05, 0.1) is 34.3 Å². The molecule has 0 aromatic heterocycles. The van der Waals surface area contributed by atoms with Crippen molar-refractivity contribution in [3.8, 4) is 17.2 Å². The van der Waals surface area contributed by atoms with Crippen LogP contribution in [0, 0.1) is 21.3 Å². The van der Waals surface area contributed by atoms with E-state index in [2.05, 4.69) is 27.9 Å². The first-order chi connectivity index (χ1) is 25.2. The van der Waals surface area contributed by atoms with Crippen molar-refractivity contribution in [3.63, 3.8) is 0 Å². The lowest BCUT2D eigenvalue weighted by Gasteiger charge is -2.43. The number of ether oxygens (including phenoxy) is 2. The number of phenols is 1. The molecular formula is C41H40BIN2O7. The normalized spacial score (nSPS) is 21.6. The number of benzene rings is 4. The monoisotopic (exact) mass is 810 g/mol. The van der Waals surface area contributed by atoms with Crippen molar-refractivity contribution < 1.29 is 33.8 Å². The highest BCUT2D eigenvalue weighted by Gasteiger charge is 2.57. The number of para-hydroxylation sites is 2. The topological polar surface area (TPSA) is 118 Å². The van der Waals surface area contributed by atoms with E-state index in [0.717, 1.165) is 33.7 Å². The van der Waals surface area contributed by atoms with E-state index in [-0.39, 0.29) is 36.4 Å². The molecule has 52 heavy (non-hydrogen) atoms. The molecule has 11 heteroatoms. The molecule has 3 N–H and O–H groups in total. The van der Waals surface area contributed by atoms with E-state index >= 15 is 0 Å². The smallest absolute Gasteiger partial charge is 0.455 e. The standard InChI is InChI=1S/C41H40BIN2O7/c1-25(19-26-20-34(43)39(46)36(21-26)50-2)13-18-35-37-27(24-51-31-11-7-4-8-12-31)22-32-38(33(37)23-42(49)52-35)41(48)45(40(32)47)30-16-14-29(15-17-30)44-28-9-5-3-6-10-28/h3-12,14-17,19-21,32-33,35,38,44,46,49H,13,18,22-24H2,1-2H3/b25-19+/t32-,33+,35-,38-/m1/s1. The van der Waals surface area contributed by atoms with Crippen LogP contribution < -0.4 is 19.7 Å². The fourth-order valence-electron chi connectivity index (χ4n) is 7.77. The number of nitrogens with one attached hydrogen (secondary N) is 1. The maximum absolute atomic E-state index is 14.3. The molecule has 0 radical (unpaired) electrons. The zero-order chi connectivity index (χ0) is 36.4. The molecule has 0 unspecified atom stereocenters. The van der Waals surface area contributed by atoms with Crippen molar-refractivity contribution in [2.75, 3.05) is 23.9 Å². The number of carbonyl (C=O) groups excluding carboxylic acids is 2. The number of nitrogens with zero attached hydrogens (tertiary/aromatic N) is 1. The molecule has 0 spiro atoms. The SMILES string of the molecule is COc1cc(/C=C(\C)CC[C@H]2OB(O)C[C@H]3C2=C(COc2ccccc2)C[C@H]2C(=O)N(c4ccc(Nc5ccccc5)cc4)C(=O)[C@H]23)cc(I)c1O. The van der Waals surface area contributed by atoms with Gasteiger partial charge in [-0.2, -0.15) is 0 Å². The predicted octanol–water partition coefficient (Wildman–Crippen LogP) is 8.01. The van der Waals surface area contributed by atoms with Crippen LogP contribution in [0.4, 0.5) is 17.1 Å². The lowest BCUT2D eigenvalue weighted by molar-refractivity contribution is -0.122. The molecule has 2 aliphatic heterocycles. The zero-order valence-corrected chi connectivity index (χ0v) is 31.2. The van der Waals surface area contributed by atoms with E-state index in [1.807, 2.05) is 91.9 Å². The first-order valence-corrected chi connectivity index (χ1v) is 18.5. The number of amides is 2. The number of halogens is 1. The van der Waals surface area contributed by atoms with Gasteiger partial charge in [-0.25, -0.2) is 0 Å². The lowest BCUT2D eigenvalue weighted by Crippen LogP contribution is -2.46. The van der Waals surface area contributed by atoms with E-state index in [4.69, 9.17) is 14.1 Å². The van der Waals surface area contributed by atoms with Crippen molar-refractivity contribution in [2.45, 2.75) is 38.6 Å². The van der Waals surface area contributed by atoms with Crippen LogP contribution in [0.25, 0.3) is 6.08 Å². The van der Waals surface area contributed by atoms with Crippen molar-refractivity contribution in [1.82, 2.24) is 0 Å². The molecule has 9 nitrogen and oxygen atoms in total. The minimum absolute atomic E-state index is 0.108. The minimum Gasteiger partial charge on any atom is -0.504 e. The second-order valence-corrected chi connectivity index (χ2v) is 14.7. The number of carbonyl (C=O) groups is 2. The Balaban J connectivity index is 1.16. The van der Waals surface area contributed by atoms with E-state index in [9.17, 15) is 19.7 Å². The summed E-state index contributed by atoms with van der Waals surface area (Å²) in [6.45, 7) is 2.28. The minimum atomic E-state index is -1.08. The Labute approximate surface area is 317 Å². The number of fused-ring (bicyclic) bond motifs is 3. The average Bonchev–Trinajstić information content (AvgIpc) is 3.40. The molecule has 2 heterocycles. The average molecular weight is 810 g/mol. The summed E-state index contributed by atoms with van der Waals surface area (Å²) >= 11 is 2.08. The highest BCUT2D eigenvalue weighted by atomic mass is 127. The lowest BCUT2D eigenvalue weighted by atomic mass is 9.58. The van der Waals surface area contributed by atoms with Gasteiger partial charge in [-0.1, -0.05) is 48.0 Å². The van der Waals surface area contributed by atoms with Crippen molar-refractivity contribution in [1.29, 1.82) is 0 Å². The van der Waals surface area contributed by atoms with Crippen LogP contribution in [-0.2, 0) is 14.2 Å². The molecule has 7 rings (SSSR count). The van der Waals surface area contributed by atoms with Gasteiger partial charge in [-0.15, -0.1) is 0 Å². The molecule has 0 saturated carbocycles. The summed E-state index contributed by atoms with van der Waals surface area (Å²) in [5.41, 5.74) is 6.18. The van der Waals surface area contributed by atoms with Gasteiger partial charge < -0.3 is 29.6 Å². The quantitative estimate of drug-likeness (QED) is 0.0604. The summed E-state index contributed by atoms with van der Waals surface area (Å²) < 4.78 is 18.5. The van der Waals surface area contributed by atoms with E-state index in [0.29, 0.717) is 40.0 Å². The molecule has 266 valence electrons. The molecule has 2 fully saturated rings. The van der Waals surface area contributed by atoms with Crippen LogP contribution >= 0.6 is 22.6 Å². The zero-order valence-electron chi connectivity index (χ0n) is 29.0. The Morgan fingerprint density at radius 2 is 1.67 bits per heavy atom. The predicted molar refractivity (Wildman–Crippen MR) is 211 cm³/mol. The molecule has 2 saturated heterocycles. The number of anilines is 3. The molecule has 2 amide bonds. The largest absolute Gasteiger partial charge is 0.504 e. The van der Waals surface area contributed by atoms with E-state index in [1.165, 1.54) is 12.0 Å². The van der Waals surface area contributed by atoms with Crippen LogP contribution in [-0.4, -0.2) is 48.9 Å². The van der Waals surface area contributed by atoms with Gasteiger partial charge in [0.2, 0.25) is 11.8 Å². The summed E-state index contributed by atoms with van der Waals surface area (Å²) in [7, 11) is 0.443. The van der Waals surface area contributed by atoms with Gasteiger partial charge in [-0.05, 0) is 138 Å². The maximum Gasteiger partial charge on any atom is 0.455 e. The molecule has 1 aliphatic carbocycles. The Kier molecular flexibility index (Phi) is 10.7. The number of rotatable bonds is 11. The Morgan fingerprint density at radius 1 is 0.981 bits per heavy atom. The van der Waals surface area contributed by atoms with Crippen LogP contribution in [0.2, 0.25) is 6.32 Å². The fourth-order valence-corrected chi connectivity index (χ4v) is 8.39. The summed E-state index contributed by atoms with van der Waals surface area (Å²) in [6.07, 6.45) is 3.37. The van der Waals surface area contributed by atoms with Crippen molar-refractivity contribution in [2.24, 2.45) is 17.8 Å². The van der Waals surface area contributed by atoms with Crippen LogP contribution in [0.1, 0.15) is 31.7 Å². The van der Waals surface area contributed by atoms with Gasteiger partial charge in [0.1, 0.15) is 12.4 Å². The summed E-state index contributed by atoms with van der Waals surface area (Å²) in [5, 5.41) is 24.7. The van der Waals surface area contributed by atoms with Gasteiger partial charge in [-0.3, -0.25) is 14.5 Å². The second-order valence-electron chi connectivity index (χ2n) is 13.6.